The first kappa shape index (κ1) is 16.2. The zero-order chi connectivity index (χ0) is 14.8. The third-order valence-corrected chi connectivity index (χ3v) is 6.69. The highest BCUT2D eigenvalue weighted by Gasteiger charge is 2.35. The SMILES string of the molecule is CCS(=O)(=O)N1CCN(CC2(O)CCC(C)CC2)CC1. The van der Waals surface area contributed by atoms with Gasteiger partial charge in [-0.1, -0.05) is 6.92 Å². The molecule has 1 aliphatic heterocycles. The van der Waals surface area contributed by atoms with Crippen LogP contribution in [-0.2, 0) is 10.0 Å². The van der Waals surface area contributed by atoms with E-state index in [1.54, 1.807) is 11.2 Å². The molecule has 1 aliphatic carbocycles. The molecule has 0 aromatic carbocycles. The zero-order valence-electron chi connectivity index (χ0n) is 12.7. The number of hydrogen-bond donors (Lipinski definition) is 1. The molecule has 20 heavy (non-hydrogen) atoms. The van der Waals surface area contributed by atoms with Crippen LogP contribution in [-0.4, -0.2) is 66.8 Å². The summed E-state index contributed by atoms with van der Waals surface area (Å²) in [5.74, 6) is 0.899. The quantitative estimate of drug-likeness (QED) is 0.838. The molecular formula is C14H28N2O3S. The summed E-state index contributed by atoms with van der Waals surface area (Å²) >= 11 is 0. The van der Waals surface area contributed by atoms with Gasteiger partial charge in [0.15, 0.2) is 0 Å². The standard InChI is InChI=1S/C14H28N2O3S/c1-3-20(18,19)16-10-8-15(9-11-16)12-14(17)6-4-13(2)5-7-14/h13,17H,3-12H2,1-2H3. The molecule has 0 aromatic rings. The molecule has 1 heterocycles. The maximum atomic E-state index is 11.8. The lowest BCUT2D eigenvalue weighted by molar-refractivity contribution is -0.0397. The minimum atomic E-state index is -3.06. The van der Waals surface area contributed by atoms with Gasteiger partial charge >= 0.3 is 0 Å². The van der Waals surface area contributed by atoms with Crippen molar-refractivity contribution >= 4 is 10.0 Å². The summed E-state index contributed by atoms with van der Waals surface area (Å²) in [5, 5.41) is 10.6. The fourth-order valence-electron chi connectivity index (χ4n) is 3.22. The Hall–Kier alpha value is -0.170. The van der Waals surface area contributed by atoms with E-state index in [1.165, 1.54) is 0 Å². The van der Waals surface area contributed by atoms with Gasteiger partial charge in [-0.3, -0.25) is 4.90 Å². The lowest BCUT2D eigenvalue weighted by atomic mass is 9.79. The number of β-amino-alcohol motifs (C(OH)–C–C–N with tert-alkyl or cyclic N) is 1. The molecule has 1 saturated heterocycles. The Bertz CT molecular complexity index is 408. The van der Waals surface area contributed by atoms with Gasteiger partial charge in [0.25, 0.3) is 0 Å². The van der Waals surface area contributed by atoms with Gasteiger partial charge in [-0.25, -0.2) is 8.42 Å². The molecule has 0 aromatic heterocycles. The van der Waals surface area contributed by atoms with Crippen LogP contribution in [0.25, 0.3) is 0 Å². The topological polar surface area (TPSA) is 60.9 Å². The summed E-state index contributed by atoms with van der Waals surface area (Å²) in [7, 11) is -3.06. The maximum absolute atomic E-state index is 11.8. The van der Waals surface area contributed by atoms with Gasteiger partial charge in [0.2, 0.25) is 10.0 Å². The molecule has 0 radical (unpaired) electrons. The van der Waals surface area contributed by atoms with Gasteiger partial charge in [-0.2, -0.15) is 4.31 Å². The van der Waals surface area contributed by atoms with Crippen molar-refractivity contribution in [2.45, 2.75) is 45.1 Å². The van der Waals surface area contributed by atoms with E-state index in [9.17, 15) is 13.5 Å². The smallest absolute Gasteiger partial charge is 0.213 e. The van der Waals surface area contributed by atoms with Crippen LogP contribution in [0.15, 0.2) is 0 Å². The number of piperazine rings is 1. The molecule has 1 saturated carbocycles. The van der Waals surface area contributed by atoms with Crippen LogP contribution in [0.5, 0.6) is 0 Å². The molecule has 6 heteroatoms. The van der Waals surface area contributed by atoms with Crippen LogP contribution in [0.1, 0.15) is 39.5 Å². The Morgan fingerprint density at radius 2 is 1.70 bits per heavy atom. The third kappa shape index (κ3) is 3.93. The highest BCUT2D eigenvalue weighted by atomic mass is 32.2. The summed E-state index contributed by atoms with van der Waals surface area (Å²) in [6, 6.07) is 0. The number of nitrogens with zero attached hydrogens (tertiary/aromatic N) is 2. The second-order valence-corrected chi connectivity index (χ2v) is 8.74. The Morgan fingerprint density at radius 3 is 2.20 bits per heavy atom. The molecular weight excluding hydrogens is 276 g/mol. The number of sulfonamides is 1. The van der Waals surface area contributed by atoms with Crippen molar-refractivity contribution in [1.29, 1.82) is 0 Å². The van der Waals surface area contributed by atoms with Crippen LogP contribution in [0.3, 0.4) is 0 Å². The van der Waals surface area contributed by atoms with E-state index in [1.807, 2.05) is 0 Å². The lowest BCUT2D eigenvalue weighted by Crippen LogP contribution is -2.54. The average Bonchev–Trinajstić information content (AvgIpc) is 2.43. The minimum absolute atomic E-state index is 0.175. The first-order valence-corrected chi connectivity index (χ1v) is 9.38. The summed E-state index contributed by atoms with van der Waals surface area (Å²) in [6.07, 6.45) is 3.95. The molecule has 5 nitrogen and oxygen atoms in total. The monoisotopic (exact) mass is 304 g/mol. The highest BCUT2D eigenvalue weighted by Crippen LogP contribution is 2.32. The Kier molecular flexibility index (Phi) is 5.10. The second kappa shape index (κ2) is 6.30. The van der Waals surface area contributed by atoms with E-state index in [0.717, 1.165) is 44.7 Å². The lowest BCUT2D eigenvalue weighted by Gasteiger charge is -2.41. The number of rotatable bonds is 4. The van der Waals surface area contributed by atoms with Crippen molar-refractivity contribution in [2.75, 3.05) is 38.5 Å². The zero-order valence-corrected chi connectivity index (χ0v) is 13.5. The van der Waals surface area contributed by atoms with Crippen LogP contribution in [0.2, 0.25) is 0 Å². The van der Waals surface area contributed by atoms with E-state index >= 15 is 0 Å². The van der Waals surface area contributed by atoms with Gasteiger partial charge in [-0.15, -0.1) is 0 Å². The molecule has 0 bridgehead atoms. The van der Waals surface area contributed by atoms with Crippen molar-refractivity contribution in [3.05, 3.63) is 0 Å². The van der Waals surface area contributed by atoms with E-state index < -0.39 is 15.6 Å². The van der Waals surface area contributed by atoms with Crippen molar-refractivity contribution in [3.8, 4) is 0 Å². The van der Waals surface area contributed by atoms with Gasteiger partial charge in [0, 0.05) is 32.7 Å². The molecule has 0 unspecified atom stereocenters. The van der Waals surface area contributed by atoms with Gasteiger partial charge in [0.1, 0.15) is 0 Å². The van der Waals surface area contributed by atoms with E-state index in [2.05, 4.69) is 11.8 Å². The molecule has 2 rings (SSSR count). The molecule has 2 fully saturated rings. The van der Waals surface area contributed by atoms with Crippen molar-refractivity contribution in [1.82, 2.24) is 9.21 Å². The molecule has 0 atom stereocenters. The number of aliphatic hydroxyl groups is 1. The summed E-state index contributed by atoms with van der Waals surface area (Å²) < 4.78 is 25.2. The highest BCUT2D eigenvalue weighted by molar-refractivity contribution is 7.89. The Morgan fingerprint density at radius 1 is 1.15 bits per heavy atom. The first-order valence-electron chi connectivity index (χ1n) is 7.77. The predicted octanol–water partition coefficient (Wildman–Crippen LogP) is 0.895. The summed E-state index contributed by atoms with van der Waals surface area (Å²) in [6.45, 7) is 7.21. The van der Waals surface area contributed by atoms with Crippen molar-refractivity contribution < 1.29 is 13.5 Å². The summed E-state index contributed by atoms with van der Waals surface area (Å²) in [4.78, 5) is 2.22. The predicted molar refractivity (Wildman–Crippen MR) is 80.1 cm³/mol. The Labute approximate surface area is 123 Å². The number of hydrogen-bond acceptors (Lipinski definition) is 4. The van der Waals surface area contributed by atoms with Crippen LogP contribution >= 0.6 is 0 Å². The largest absolute Gasteiger partial charge is 0.389 e. The maximum Gasteiger partial charge on any atom is 0.213 e. The molecule has 118 valence electrons. The summed E-state index contributed by atoms with van der Waals surface area (Å²) in [5.41, 5.74) is -0.557. The van der Waals surface area contributed by atoms with Crippen molar-refractivity contribution in [2.24, 2.45) is 5.92 Å². The second-order valence-electron chi connectivity index (χ2n) is 6.48. The molecule has 0 amide bonds. The average molecular weight is 304 g/mol. The fourth-order valence-corrected chi connectivity index (χ4v) is 4.31. The van der Waals surface area contributed by atoms with Gasteiger partial charge in [-0.05, 0) is 38.5 Å². The van der Waals surface area contributed by atoms with Crippen LogP contribution in [0, 0.1) is 5.92 Å². The molecule has 2 aliphatic rings. The van der Waals surface area contributed by atoms with Crippen LogP contribution < -0.4 is 0 Å². The minimum Gasteiger partial charge on any atom is -0.389 e. The fraction of sp³-hybridized carbons (Fsp3) is 1.00. The Balaban J connectivity index is 1.83. The first-order chi connectivity index (χ1) is 9.35. The van der Waals surface area contributed by atoms with Gasteiger partial charge in [0.05, 0.1) is 11.4 Å². The molecule has 0 spiro atoms. The third-order valence-electron chi connectivity index (χ3n) is 4.81. The van der Waals surface area contributed by atoms with E-state index in [0.29, 0.717) is 19.6 Å². The van der Waals surface area contributed by atoms with Gasteiger partial charge < -0.3 is 5.11 Å². The van der Waals surface area contributed by atoms with Crippen LogP contribution in [0.4, 0.5) is 0 Å². The van der Waals surface area contributed by atoms with E-state index in [4.69, 9.17) is 0 Å². The van der Waals surface area contributed by atoms with Crippen molar-refractivity contribution in [3.63, 3.8) is 0 Å². The molecule has 1 N–H and O–H groups in total. The normalized spacial score (nSPS) is 34.2. The van der Waals surface area contributed by atoms with E-state index in [-0.39, 0.29) is 5.75 Å².